The molecule has 0 bridgehead atoms. The molecule has 1 aliphatic heterocycles. The summed E-state index contributed by atoms with van der Waals surface area (Å²) in [5.74, 6) is 1.74. The number of nitrogens with zero attached hydrogens (tertiary/aromatic N) is 2. The zero-order chi connectivity index (χ0) is 16.9. The fourth-order valence-corrected chi connectivity index (χ4v) is 3.26. The number of rotatable bonds is 5. The Balaban J connectivity index is 1.82. The zero-order valence-electron chi connectivity index (χ0n) is 14.0. The lowest BCUT2D eigenvalue weighted by atomic mass is 10.1. The van der Waals surface area contributed by atoms with E-state index in [4.69, 9.17) is 9.47 Å². The van der Waals surface area contributed by atoms with Crippen LogP contribution in [-0.2, 0) is 6.54 Å². The van der Waals surface area contributed by atoms with E-state index in [1.807, 2.05) is 22.4 Å². The predicted molar refractivity (Wildman–Crippen MR) is 93.7 cm³/mol. The first-order valence-corrected chi connectivity index (χ1v) is 9.08. The van der Waals surface area contributed by atoms with E-state index in [0.717, 1.165) is 11.4 Å². The van der Waals surface area contributed by atoms with Crippen molar-refractivity contribution in [2.75, 3.05) is 19.8 Å². The van der Waals surface area contributed by atoms with Crippen molar-refractivity contribution in [1.82, 2.24) is 9.88 Å². The SMILES string of the molecule is CC(C)CN(Cc1nccs1)C(=O)c1ccc2c(c1)OCCCO2. The minimum absolute atomic E-state index is 0.00505. The first-order chi connectivity index (χ1) is 11.6. The van der Waals surface area contributed by atoms with Gasteiger partial charge in [0.15, 0.2) is 11.5 Å². The third kappa shape index (κ3) is 4.06. The maximum atomic E-state index is 13.0. The highest BCUT2D eigenvalue weighted by molar-refractivity contribution is 7.09. The molecular formula is C18H22N2O3S. The molecule has 1 aliphatic rings. The molecule has 1 aromatic heterocycles. The van der Waals surface area contributed by atoms with Crippen LogP contribution in [0.5, 0.6) is 11.5 Å². The van der Waals surface area contributed by atoms with E-state index in [2.05, 4.69) is 18.8 Å². The van der Waals surface area contributed by atoms with E-state index < -0.39 is 0 Å². The van der Waals surface area contributed by atoms with Gasteiger partial charge in [-0.3, -0.25) is 4.79 Å². The van der Waals surface area contributed by atoms with Crippen molar-refractivity contribution in [1.29, 1.82) is 0 Å². The summed E-state index contributed by atoms with van der Waals surface area (Å²) >= 11 is 1.57. The molecule has 3 rings (SSSR count). The van der Waals surface area contributed by atoms with Crippen LogP contribution in [-0.4, -0.2) is 35.5 Å². The van der Waals surface area contributed by atoms with Crippen LogP contribution in [0.1, 0.15) is 35.6 Å². The Kier molecular flexibility index (Phi) is 5.35. The van der Waals surface area contributed by atoms with Crippen molar-refractivity contribution in [3.8, 4) is 11.5 Å². The van der Waals surface area contributed by atoms with Gasteiger partial charge in [0.1, 0.15) is 5.01 Å². The summed E-state index contributed by atoms with van der Waals surface area (Å²) in [6.45, 7) is 6.69. The maximum absolute atomic E-state index is 13.0. The van der Waals surface area contributed by atoms with Crippen LogP contribution >= 0.6 is 11.3 Å². The summed E-state index contributed by atoms with van der Waals surface area (Å²) < 4.78 is 11.3. The molecule has 1 amide bonds. The van der Waals surface area contributed by atoms with Crippen LogP contribution in [0.15, 0.2) is 29.8 Å². The average molecular weight is 346 g/mol. The van der Waals surface area contributed by atoms with Gasteiger partial charge in [-0.2, -0.15) is 0 Å². The summed E-state index contributed by atoms with van der Waals surface area (Å²) in [6.07, 6.45) is 2.62. The van der Waals surface area contributed by atoms with E-state index in [1.54, 1.807) is 23.6 Å². The van der Waals surface area contributed by atoms with Crippen LogP contribution in [0.2, 0.25) is 0 Å². The number of ether oxygens (including phenoxy) is 2. The van der Waals surface area contributed by atoms with Gasteiger partial charge in [0, 0.05) is 30.1 Å². The van der Waals surface area contributed by atoms with E-state index in [9.17, 15) is 4.79 Å². The first-order valence-electron chi connectivity index (χ1n) is 8.21. The summed E-state index contributed by atoms with van der Waals surface area (Å²) in [5, 5.41) is 2.87. The lowest BCUT2D eigenvalue weighted by Gasteiger charge is -2.24. The van der Waals surface area contributed by atoms with Gasteiger partial charge in [-0.1, -0.05) is 13.8 Å². The highest BCUT2D eigenvalue weighted by Crippen LogP contribution is 2.31. The van der Waals surface area contributed by atoms with Crippen molar-refractivity contribution in [2.24, 2.45) is 5.92 Å². The molecular weight excluding hydrogens is 324 g/mol. The number of amides is 1. The van der Waals surface area contributed by atoms with Crippen molar-refractivity contribution in [2.45, 2.75) is 26.8 Å². The van der Waals surface area contributed by atoms with Crippen LogP contribution in [0.3, 0.4) is 0 Å². The van der Waals surface area contributed by atoms with Gasteiger partial charge in [-0.15, -0.1) is 11.3 Å². The topological polar surface area (TPSA) is 51.7 Å². The molecule has 128 valence electrons. The second-order valence-electron chi connectivity index (χ2n) is 6.22. The number of aromatic nitrogens is 1. The quantitative estimate of drug-likeness (QED) is 0.830. The molecule has 0 aliphatic carbocycles. The monoisotopic (exact) mass is 346 g/mol. The Labute approximate surface area is 146 Å². The van der Waals surface area contributed by atoms with E-state index in [0.29, 0.717) is 49.3 Å². The Bertz CT molecular complexity index is 686. The molecule has 0 radical (unpaired) electrons. The van der Waals surface area contributed by atoms with Gasteiger partial charge in [0.05, 0.1) is 19.8 Å². The van der Waals surface area contributed by atoms with Crippen molar-refractivity contribution >= 4 is 17.2 Å². The second kappa shape index (κ2) is 7.66. The fourth-order valence-electron chi connectivity index (χ4n) is 2.63. The van der Waals surface area contributed by atoms with Crippen LogP contribution < -0.4 is 9.47 Å². The van der Waals surface area contributed by atoms with Gasteiger partial charge < -0.3 is 14.4 Å². The van der Waals surface area contributed by atoms with Gasteiger partial charge in [-0.25, -0.2) is 4.98 Å². The van der Waals surface area contributed by atoms with Crippen molar-refractivity contribution < 1.29 is 14.3 Å². The highest BCUT2D eigenvalue weighted by Gasteiger charge is 2.21. The van der Waals surface area contributed by atoms with Crippen molar-refractivity contribution in [3.05, 3.63) is 40.3 Å². The first kappa shape index (κ1) is 16.8. The molecule has 0 fully saturated rings. The molecule has 5 nitrogen and oxygen atoms in total. The van der Waals surface area contributed by atoms with Crippen LogP contribution in [0.25, 0.3) is 0 Å². The molecule has 0 atom stereocenters. The average Bonchev–Trinajstić information content (AvgIpc) is 2.95. The molecule has 1 aromatic carbocycles. The molecule has 2 heterocycles. The zero-order valence-corrected chi connectivity index (χ0v) is 14.8. The second-order valence-corrected chi connectivity index (χ2v) is 7.20. The summed E-state index contributed by atoms with van der Waals surface area (Å²) in [5.41, 5.74) is 0.622. The number of thiazole rings is 1. The normalized spacial score (nSPS) is 13.6. The van der Waals surface area contributed by atoms with E-state index >= 15 is 0 Å². The van der Waals surface area contributed by atoms with E-state index in [1.165, 1.54) is 0 Å². The molecule has 6 heteroatoms. The van der Waals surface area contributed by atoms with Gasteiger partial charge in [0.2, 0.25) is 0 Å². The number of fused-ring (bicyclic) bond motifs is 1. The fraction of sp³-hybridized carbons (Fsp3) is 0.444. The lowest BCUT2D eigenvalue weighted by molar-refractivity contribution is 0.0722. The number of hydrogen-bond donors (Lipinski definition) is 0. The summed E-state index contributed by atoms with van der Waals surface area (Å²) in [7, 11) is 0. The number of carbonyl (C=O) groups excluding carboxylic acids is 1. The molecule has 2 aromatic rings. The Morgan fingerprint density at radius 3 is 2.79 bits per heavy atom. The Hall–Kier alpha value is -2.08. The highest BCUT2D eigenvalue weighted by atomic mass is 32.1. The third-order valence-electron chi connectivity index (χ3n) is 3.68. The molecule has 0 unspecified atom stereocenters. The molecule has 0 saturated heterocycles. The van der Waals surface area contributed by atoms with Gasteiger partial charge in [-0.05, 0) is 24.1 Å². The third-order valence-corrected chi connectivity index (χ3v) is 4.44. The van der Waals surface area contributed by atoms with E-state index in [-0.39, 0.29) is 5.91 Å². The minimum Gasteiger partial charge on any atom is -0.490 e. The molecule has 24 heavy (non-hydrogen) atoms. The van der Waals surface area contributed by atoms with Gasteiger partial charge >= 0.3 is 0 Å². The Morgan fingerprint density at radius 2 is 2.08 bits per heavy atom. The largest absolute Gasteiger partial charge is 0.490 e. The standard InChI is InChI=1S/C18H22N2O3S/c1-13(2)11-20(12-17-19-6-9-24-17)18(21)14-4-5-15-16(10-14)23-8-3-7-22-15/h4-6,9-10,13H,3,7-8,11-12H2,1-2H3. The Morgan fingerprint density at radius 1 is 1.29 bits per heavy atom. The molecule has 0 spiro atoms. The molecule has 0 N–H and O–H groups in total. The van der Waals surface area contributed by atoms with Crippen molar-refractivity contribution in [3.63, 3.8) is 0 Å². The summed E-state index contributed by atoms with van der Waals surface area (Å²) in [6, 6.07) is 5.42. The lowest BCUT2D eigenvalue weighted by Crippen LogP contribution is -2.33. The number of carbonyl (C=O) groups is 1. The molecule has 0 saturated carbocycles. The smallest absolute Gasteiger partial charge is 0.254 e. The minimum atomic E-state index is -0.00505. The summed E-state index contributed by atoms with van der Waals surface area (Å²) in [4.78, 5) is 19.1. The van der Waals surface area contributed by atoms with Gasteiger partial charge in [0.25, 0.3) is 5.91 Å². The number of benzene rings is 1. The van der Waals surface area contributed by atoms with Crippen LogP contribution in [0.4, 0.5) is 0 Å². The van der Waals surface area contributed by atoms with Crippen LogP contribution in [0, 0.1) is 5.92 Å². The maximum Gasteiger partial charge on any atom is 0.254 e. The predicted octanol–water partition coefficient (Wildman–Crippen LogP) is 3.60. The number of hydrogen-bond acceptors (Lipinski definition) is 5.